The Morgan fingerprint density at radius 1 is 0.528 bits per heavy atom. The minimum absolute atomic E-state index is 0.585. The van der Waals surface area contributed by atoms with Gasteiger partial charge >= 0.3 is 6.01 Å². The van der Waals surface area contributed by atoms with Gasteiger partial charge in [-0.1, -0.05) is 91.0 Å². The fourth-order valence-corrected chi connectivity index (χ4v) is 5.50. The first-order valence-corrected chi connectivity index (χ1v) is 12.1. The van der Waals surface area contributed by atoms with Gasteiger partial charge in [-0.3, -0.25) is 4.57 Å². The Labute approximate surface area is 206 Å². The number of benzene rings is 6. The molecule has 0 N–H and O–H groups in total. The maximum Gasteiger partial charge on any atom is 0.307 e. The molecule has 2 heterocycles. The average molecular weight is 461 g/mol. The van der Waals surface area contributed by atoms with Crippen molar-refractivity contribution in [1.82, 2.24) is 9.55 Å². The minimum Gasteiger partial charge on any atom is -0.423 e. The van der Waals surface area contributed by atoms with Crippen LogP contribution in [0, 0.1) is 0 Å². The van der Waals surface area contributed by atoms with E-state index in [1.165, 1.54) is 37.9 Å². The highest BCUT2D eigenvalue weighted by molar-refractivity contribution is 6.21. The van der Waals surface area contributed by atoms with Crippen molar-refractivity contribution in [2.45, 2.75) is 0 Å². The zero-order valence-corrected chi connectivity index (χ0v) is 19.3. The Morgan fingerprint density at radius 2 is 1.22 bits per heavy atom. The molecule has 36 heavy (non-hydrogen) atoms. The van der Waals surface area contributed by atoms with Gasteiger partial charge in [0.2, 0.25) is 0 Å². The van der Waals surface area contributed by atoms with Gasteiger partial charge in [-0.25, -0.2) is 0 Å². The summed E-state index contributed by atoms with van der Waals surface area (Å²) in [6, 6.07) is 43.2. The molecule has 3 heteroatoms. The zero-order valence-electron chi connectivity index (χ0n) is 19.3. The summed E-state index contributed by atoms with van der Waals surface area (Å²) in [6.07, 6.45) is 0. The van der Waals surface area contributed by atoms with Gasteiger partial charge in [0.1, 0.15) is 5.52 Å². The van der Waals surface area contributed by atoms with Gasteiger partial charge < -0.3 is 4.42 Å². The van der Waals surface area contributed by atoms with Gasteiger partial charge in [0.05, 0.1) is 11.0 Å². The molecule has 0 aliphatic heterocycles. The topological polar surface area (TPSA) is 31.0 Å². The highest BCUT2D eigenvalue weighted by atomic mass is 16.4. The lowest BCUT2D eigenvalue weighted by Crippen LogP contribution is -1.93. The second-order valence-electron chi connectivity index (χ2n) is 9.27. The van der Waals surface area contributed by atoms with E-state index < -0.39 is 0 Å². The summed E-state index contributed by atoms with van der Waals surface area (Å²) in [6.45, 7) is 0. The molecule has 0 fully saturated rings. The van der Waals surface area contributed by atoms with E-state index in [1.54, 1.807) is 0 Å². The van der Waals surface area contributed by atoms with Crippen molar-refractivity contribution < 1.29 is 4.42 Å². The lowest BCUT2D eigenvalue weighted by atomic mass is 10.0. The second kappa shape index (κ2) is 7.30. The number of nitrogens with zero attached hydrogens (tertiary/aromatic N) is 2. The molecule has 0 unspecified atom stereocenters. The van der Waals surface area contributed by atoms with Gasteiger partial charge in [0, 0.05) is 10.8 Å². The van der Waals surface area contributed by atoms with Crippen LogP contribution in [0.5, 0.6) is 0 Å². The number of hydrogen-bond acceptors (Lipinski definition) is 2. The smallest absolute Gasteiger partial charge is 0.307 e. The Balaban J connectivity index is 1.35. The summed E-state index contributed by atoms with van der Waals surface area (Å²) < 4.78 is 8.50. The number of hydrogen-bond donors (Lipinski definition) is 0. The van der Waals surface area contributed by atoms with Crippen LogP contribution in [0.25, 0.3) is 71.6 Å². The molecule has 8 rings (SSSR count). The van der Waals surface area contributed by atoms with E-state index in [0.29, 0.717) is 6.01 Å². The molecule has 0 amide bonds. The van der Waals surface area contributed by atoms with Crippen molar-refractivity contribution in [1.29, 1.82) is 0 Å². The number of aromatic nitrogens is 2. The number of para-hydroxylation sites is 1. The lowest BCUT2D eigenvalue weighted by Gasteiger charge is -2.04. The maximum absolute atomic E-state index is 6.35. The molecular weight excluding hydrogens is 440 g/mol. The van der Waals surface area contributed by atoms with E-state index in [2.05, 4.69) is 120 Å². The summed E-state index contributed by atoms with van der Waals surface area (Å²) in [5, 5.41) is 7.36. The predicted molar refractivity (Wildman–Crippen MR) is 149 cm³/mol. The molecule has 6 aromatic carbocycles. The molecule has 2 aromatic heterocycles. The largest absolute Gasteiger partial charge is 0.423 e. The maximum atomic E-state index is 6.35. The van der Waals surface area contributed by atoms with Crippen LogP contribution in [0.2, 0.25) is 0 Å². The van der Waals surface area contributed by atoms with Gasteiger partial charge in [-0.05, 0) is 63.0 Å². The highest BCUT2D eigenvalue weighted by Crippen LogP contribution is 2.37. The summed E-state index contributed by atoms with van der Waals surface area (Å²) in [7, 11) is 0. The first kappa shape index (κ1) is 19.4. The molecule has 168 valence electrons. The number of fused-ring (bicyclic) bond motifs is 7. The third-order valence-corrected chi connectivity index (χ3v) is 7.21. The fourth-order valence-electron chi connectivity index (χ4n) is 5.50. The van der Waals surface area contributed by atoms with E-state index in [-0.39, 0.29) is 0 Å². The molecule has 0 aliphatic rings. The van der Waals surface area contributed by atoms with Crippen LogP contribution in [0.1, 0.15) is 0 Å². The van der Waals surface area contributed by atoms with Crippen molar-refractivity contribution in [2.75, 3.05) is 0 Å². The Hall–Kier alpha value is -4.89. The Morgan fingerprint density at radius 3 is 2.14 bits per heavy atom. The van der Waals surface area contributed by atoms with E-state index in [4.69, 9.17) is 9.40 Å². The van der Waals surface area contributed by atoms with Gasteiger partial charge in [0.15, 0.2) is 5.58 Å². The summed E-state index contributed by atoms with van der Waals surface area (Å²) in [5.41, 5.74) is 6.11. The van der Waals surface area contributed by atoms with Crippen LogP contribution in [-0.2, 0) is 0 Å². The van der Waals surface area contributed by atoms with Crippen molar-refractivity contribution in [3.05, 3.63) is 121 Å². The Bertz CT molecular complexity index is 2110. The fraction of sp³-hybridized carbons (Fsp3) is 0. The van der Waals surface area contributed by atoms with Crippen LogP contribution >= 0.6 is 0 Å². The monoisotopic (exact) mass is 460 g/mol. The third-order valence-electron chi connectivity index (χ3n) is 7.21. The number of oxazole rings is 1. The molecule has 0 bridgehead atoms. The molecule has 0 saturated carbocycles. The average Bonchev–Trinajstić information content (AvgIpc) is 3.51. The SMILES string of the molecule is c1ccc2cc(-c3ccc4oc(-n5c6ccccc6c6c7ccccc7ccc65)nc4c3)ccc2c1. The van der Waals surface area contributed by atoms with Crippen molar-refractivity contribution >= 4 is 54.5 Å². The molecule has 0 aliphatic carbocycles. The molecule has 0 saturated heterocycles. The van der Waals surface area contributed by atoms with Crippen LogP contribution in [0.4, 0.5) is 0 Å². The van der Waals surface area contributed by atoms with E-state index in [9.17, 15) is 0 Å². The van der Waals surface area contributed by atoms with Gasteiger partial charge in [-0.2, -0.15) is 4.98 Å². The van der Waals surface area contributed by atoms with E-state index >= 15 is 0 Å². The normalized spacial score (nSPS) is 11.9. The Kier molecular flexibility index (Phi) is 3.94. The van der Waals surface area contributed by atoms with Crippen LogP contribution in [-0.4, -0.2) is 9.55 Å². The van der Waals surface area contributed by atoms with E-state index in [0.717, 1.165) is 27.7 Å². The predicted octanol–water partition coefficient (Wildman–Crippen LogP) is 8.90. The summed E-state index contributed by atoms with van der Waals surface area (Å²) >= 11 is 0. The van der Waals surface area contributed by atoms with Crippen LogP contribution < -0.4 is 0 Å². The van der Waals surface area contributed by atoms with Gasteiger partial charge in [0.25, 0.3) is 0 Å². The first-order chi connectivity index (χ1) is 17.8. The van der Waals surface area contributed by atoms with Crippen molar-refractivity contribution in [2.24, 2.45) is 0 Å². The molecule has 0 spiro atoms. The molecular formula is C33H20N2O. The molecule has 8 aromatic rings. The third kappa shape index (κ3) is 2.77. The molecule has 0 radical (unpaired) electrons. The quantitative estimate of drug-likeness (QED) is 0.258. The minimum atomic E-state index is 0.585. The first-order valence-electron chi connectivity index (χ1n) is 12.1. The zero-order chi connectivity index (χ0) is 23.6. The lowest BCUT2D eigenvalue weighted by molar-refractivity contribution is 0.574. The summed E-state index contributed by atoms with van der Waals surface area (Å²) in [5.74, 6) is 0. The summed E-state index contributed by atoms with van der Waals surface area (Å²) in [4.78, 5) is 4.98. The molecule has 3 nitrogen and oxygen atoms in total. The van der Waals surface area contributed by atoms with Crippen molar-refractivity contribution in [3.63, 3.8) is 0 Å². The van der Waals surface area contributed by atoms with E-state index in [1.807, 2.05) is 6.07 Å². The van der Waals surface area contributed by atoms with Crippen LogP contribution in [0.3, 0.4) is 0 Å². The number of rotatable bonds is 2. The second-order valence-corrected chi connectivity index (χ2v) is 9.27. The van der Waals surface area contributed by atoms with Crippen molar-refractivity contribution in [3.8, 4) is 17.1 Å². The highest BCUT2D eigenvalue weighted by Gasteiger charge is 2.18. The molecule has 0 atom stereocenters. The standard InChI is InChI=1S/C33H20N2O/c1-2-9-23-19-24(14-13-21(23)7-1)25-16-18-31-28(20-25)34-33(36-31)35-29-12-6-5-11-27(29)32-26-10-4-3-8-22(26)15-17-30(32)35/h1-20H. The van der Waals surface area contributed by atoms with Crippen LogP contribution in [0.15, 0.2) is 126 Å². The van der Waals surface area contributed by atoms with Gasteiger partial charge in [-0.15, -0.1) is 0 Å².